The van der Waals surface area contributed by atoms with E-state index in [1.54, 1.807) is 0 Å². The van der Waals surface area contributed by atoms with Gasteiger partial charge in [0.05, 0.1) is 0 Å². The number of nitrogens with two attached hydrogens (primary N) is 1. The van der Waals surface area contributed by atoms with E-state index in [4.69, 9.17) is 5.73 Å². The Hall–Kier alpha value is -1.09. The maximum absolute atomic E-state index is 12.2. The van der Waals surface area contributed by atoms with Crippen LogP contribution in [0, 0.1) is 6.92 Å². The summed E-state index contributed by atoms with van der Waals surface area (Å²) in [6.45, 7) is 7.92. The Bertz CT molecular complexity index is 499. The molecule has 0 aliphatic carbocycles. The Morgan fingerprint density at radius 1 is 1.33 bits per heavy atom. The topological polar surface area (TPSA) is 43.1 Å². The fourth-order valence-corrected chi connectivity index (χ4v) is 2.50. The molecular weight excluding hydrogens is 290 g/mol. The Balaban J connectivity index is 3.37. The quantitative estimate of drug-likeness (QED) is 0.657. The van der Waals surface area contributed by atoms with E-state index in [1.165, 1.54) is 0 Å². The van der Waals surface area contributed by atoms with Crippen molar-refractivity contribution in [2.24, 2.45) is 0 Å². The zero-order valence-electron chi connectivity index (χ0n) is 11.4. The van der Waals surface area contributed by atoms with Gasteiger partial charge in [-0.2, -0.15) is 0 Å². The molecule has 0 heterocycles. The molecule has 0 aliphatic heterocycles. The molecule has 3 heteroatoms. The minimum Gasteiger partial charge on any atom is -0.398 e. The first-order valence-electron chi connectivity index (χ1n) is 6.15. The highest BCUT2D eigenvalue weighted by molar-refractivity contribution is 9.10. The van der Waals surface area contributed by atoms with Crippen molar-refractivity contribution in [1.82, 2.24) is 0 Å². The lowest BCUT2D eigenvalue weighted by molar-refractivity contribution is -0.113. The van der Waals surface area contributed by atoms with E-state index >= 15 is 0 Å². The number of halogens is 1. The maximum Gasteiger partial charge on any atom is 0.163 e. The van der Waals surface area contributed by atoms with Gasteiger partial charge in [0.1, 0.15) is 0 Å². The molecule has 0 unspecified atom stereocenters. The third-order valence-electron chi connectivity index (χ3n) is 2.88. The number of nitrogen functional groups attached to an aromatic ring is 1. The maximum atomic E-state index is 12.2. The van der Waals surface area contributed by atoms with Gasteiger partial charge in [0.2, 0.25) is 0 Å². The summed E-state index contributed by atoms with van der Waals surface area (Å²) in [5.74, 6) is 0.197. The van der Waals surface area contributed by atoms with Crippen molar-refractivity contribution >= 4 is 33.0 Å². The fraction of sp³-hybridized carbons (Fsp3) is 0.400. The molecule has 98 valence electrons. The fourth-order valence-electron chi connectivity index (χ4n) is 1.94. The van der Waals surface area contributed by atoms with Crippen LogP contribution in [0.25, 0.3) is 5.57 Å². The second-order valence-electron chi connectivity index (χ2n) is 4.74. The number of Topliss-reactive ketones (excluding diaryl/α,β-unsaturated/α-hetero) is 1. The van der Waals surface area contributed by atoms with Gasteiger partial charge in [-0.1, -0.05) is 28.4 Å². The van der Waals surface area contributed by atoms with Crippen molar-refractivity contribution in [3.8, 4) is 0 Å². The van der Waals surface area contributed by atoms with Gasteiger partial charge in [0, 0.05) is 22.2 Å². The van der Waals surface area contributed by atoms with Gasteiger partial charge in [0.25, 0.3) is 0 Å². The minimum absolute atomic E-state index is 0.197. The summed E-state index contributed by atoms with van der Waals surface area (Å²) < 4.78 is 0.881. The van der Waals surface area contributed by atoms with Crippen LogP contribution < -0.4 is 5.73 Å². The smallest absolute Gasteiger partial charge is 0.163 e. The predicted octanol–water partition coefficient (Wildman–Crippen LogP) is 4.50. The molecular formula is C15H20BrNO. The number of carbonyl (C=O) groups is 1. The molecule has 2 N–H and O–H groups in total. The molecule has 1 aromatic rings. The SMILES string of the molecule is CCCC(=O)C(=C(C)C)c1cc(C)c(N)cc1Br. The van der Waals surface area contributed by atoms with E-state index in [-0.39, 0.29) is 5.78 Å². The second-order valence-corrected chi connectivity index (χ2v) is 5.59. The van der Waals surface area contributed by atoms with Crippen LogP contribution in [0.5, 0.6) is 0 Å². The van der Waals surface area contributed by atoms with Crippen LogP contribution in [0.1, 0.15) is 44.7 Å². The third-order valence-corrected chi connectivity index (χ3v) is 3.54. The highest BCUT2D eigenvalue weighted by Crippen LogP contribution is 2.32. The minimum atomic E-state index is 0.197. The highest BCUT2D eigenvalue weighted by atomic mass is 79.9. The summed E-state index contributed by atoms with van der Waals surface area (Å²) in [5.41, 5.74) is 10.4. The van der Waals surface area contributed by atoms with Gasteiger partial charge in [-0.15, -0.1) is 0 Å². The van der Waals surface area contributed by atoms with Crippen LogP contribution in [0.15, 0.2) is 22.2 Å². The van der Waals surface area contributed by atoms with Crippen LogP contribution in [0.2, 0.25) is 0 Å². The number of hydrogen-bond acceptors (Lipinski definition) is 2. The molecule has 0 aliphatic rings. The molecule has 0 amide bonds. The molecule has 0 aromatic heterocycles. The summed E-state index contributed by atoms with van der Waals surface area (Å²) in [7, 11) is 0. The van der Waals surface area contributed by atoms with Crippen molar-refractivity contribution in [3.63, 3.8) is 0 Å². The second kappa shape index (κ2) is 6.19. The molecule has 0 spiro atoms. The lowest BCUT2D eigenvalue weighted by Crippen LogP contribution is -2.05. The number of rotatable bonds is 4. The average molecular weight is 310 g/mol. The van der Waals surface area contributed by atoms with E-state index < -0.39 is 0 Å². The van der Waals surface area contributed by atoms with E-state index in [9.17, 15) is 4.79 Å². The molecule has 0 saturated heterocycles. The molecule has 1 aromatic carbocycles. The van der Waals surface area contributed by atoms with E-state index in [0.29, 0.717) is 6.42 Å². The summed E-state index contributed by atoms with van der Waals surface area (Å²) in [5, 5.41) is 0. The predicted molar refractivity (Wildman–Crippen MR) is 81.5 cm³/mol. The first kappa shape index (κ1) is 15.0. The summed E-state index contributed by atoms with van der Waals surface area (Å²) >= 11 is 3.50. The Morgan fingerprint density at radius 2 is 1.94 bits per heavy atom. The first-order valence-corrected chi connectivity index (χ1v) is 6.94. The molecule has 0 atom stereocenters. The lowest BCUT2D eigenvalue weighted by atomic mass is 9.93. The van der Waals surface area contributed by atoms with Gasteiger partial charge >= 0.3 is 0 Å². The molecule has 0 fully saturated rings. The van der Waals surface area contributed by atoms with E-state index in [1.807, 2.05) is 39.8 Å². The number of hydrogen-bond donors (Lipinski definition) is 1. The number of carbonyl (C=O) groups excluding carboxylic acids is 1. The highest BCUT2D eigenvalue weighted by Gasteiger charge is 2.16. The number of aryl methyl sites for hydroxylation is 1. The van der Waals surface area contributed by atoms with Gasteiger partial charge in [0.15, 0.2) is 5.78 Å². The monoisotopic (exact) mass is 309 g/mol. The average Bonchev–Trinajstić information content (AvgIpc) is 2.25. The van der Waals surface area contributed by atoms with Crippen LogP contribution in [-0.2, 0) is 4.79 Å². The van der Waals surface area contributed by atoms with Crippen LogP contribution in [-0.4, -0.2) is 5.78 Å². The van der Waals surface area contributed by atoms with Crippen molar-refractivity contribution in [2.45, 2.75) is 40.5 Å². The zero-order chi connectivity index (χ0) is 13.9. The normalized spacial score (nSPS) is 10.3. The van der Waals surface area contributed by atoms with Gasteiger partial charge in [-0.25, -0.2) is 0 Å². The van der Waals surface area contributed by atoms with Gasteiger partial charge in [-0.3, -0.25) is 4.79 Å². The van der Waals surface area contributed by atoms with Crippen LogP contribution in [0.4, 0.5) is 5.69 Å². The first-order chi connectivity index (χ1) is 8.38. The van der Waals surface area contributed by atoms with Crippen molar-refractivity contribution in [3.05, 3.63) is 33.3 Å². The number of allylic oxidation sites excluding steroid dienone is 2. The molecule has 2 nitrogen and oxygen atoms in total. The van der Waals surface area contributed by atoms with Gasteiger partial charge in [-0.05, 0) is 50.5 Å². The van der Waals surface area contributed by atoms with Crippen molar-refractivity contribution in [2.75, 3.05) is 5.73 Å². The Morgan fingerprint density at radius 3 is 2.44 bits per heavy atom. The number of benzene rings is 1. The molecule has 0 bridgehead atoms. The summed E-state index contributed by atoms with van der Waals surface area (Å²) in [6, 6.07) is 3.85. The number of anilines is 1. The largest absolute Gasteiger partial charge is 0.398 e. The Kier molecular flexibility index (Phi) is 5.15. The van der Waals surface area contributed by atoms with Crippen LogP contribution >= 0.6 is 15.9 Å². The van der Waals surface area contributed by atoms with Gasteiger partial charge < -0.3 is 5.73 Å². The molecule has 18 heavy (non-hydrogen) atoms. The lowest BCUT2D eigenvalue weighted by Gasteiger charge is -2.13. The van der Waals surface area contributed by atoms with E-state index in [2.05, 4.69) is 15.9 Å². The standard InChI is InChI=1S/C15H20BrNO/c1-5-6-14(18)15(9(2)3)11-7-10(4)13(17)8-12(11)16/h7-8H,5-6,17H2,1-4H3. The Labute approximate surface area is 117 Å². The zero-order valence-corrected chi connectivity index (χ0v) is 13.0. The van der Waals surface area contributed by atoms with E-state index in [0.717, 1.165) is 38.9 Å². The summed E-state index contributed by atoms with van der Waals surface area (Å²) in [6.07, 6.45) is 1.44. The molecule has 0 saturated carbocycles. The van der Waals surface area contributed by atoms with Crippen LogP contribution in [0.3, 0.4) is 0 Å². The molecule has 1 rings (SSSR count). The third kappa shape index (κ3) is 3.22. The van der Waals surface area contributed by atoms with Crippen molar-refractivity contribution < 1.29 is 4.79 Å². The van der Waals surface area contributed by atoms with Crippen molar-refractivity contribution in [1.29, 1.82) is 0 Å². The molecule has 0 radical (unpaired) electrons. The summed E-state index contributed by atoms with van der Waals surface area (Å²) in [4.78, 5) is 12.2. The number of ketones is 1.